The maximum absolute atomic E-state index is 14.5. The molecule has 3 aromatic carbocycles. The molecule has 2 unspecified atom stereocenters. The number of aryl methyl sites for hydroxylation is 1. The van der Waals surface area contributed by atoms with Crippen molar-refractivity contribution in [2.75, 3.05) is 18.6 Å². The van der Waals surface area contributed by atoms with Crippen LogP contribution in [0.3, 0.4) is 0 Å². The van der Waals surface area contributed by atoms with Crippen LogP contribution >= 0.6 is 0 Å². The standard InChI is InChI=1S/C37H32N4O6S/c1-22-15-25(17-26-16-23(2)47-35(22)26)34-27(20-40(39-34)28-7-5-4-6-8-28)18-31-33(24-9-11-30(46-3)12-10-24)32(19-38)37(43)41(36(31)42)29-13-14-48(44,45)21-29/h4-12,15,17-18,20,23,29H,13-14,16,21H2,1-3H3/b31-18-. The summed E-state index contributed by atoms with van der Waals surface area (Å²) < 4.78 is 38.0. The average molecular weight is 661 g/mol. The fourth-order valence-electron chi connectivity index (χ4n) is 6.74. The smallest absolute Gasteiger partial charge is 0.272 e. The minimum atomic E-state index is -3.45. The Labute approximate surface area is 278 Å². The monoisotopic (exact) mass is 660 g/mol. The van der Waals surface area contributed by atoms with E-state index in [9.17, 15) is 23.3 Å². The number of imide groups is 1. The predicted molar refractivity (Wildman–Crippen MR) is 180 cm³/mol. The number of ether oxygens (including phenoxy) is 2. The largest absolute Gasteiger partial charge is 0.497 e. The molecule has 11 heteroatoms. The summed E-state index contributed by atoms with van der Waals surface area (Å²) in [5.41, 5.74) is 5.27. The van der Waals surface area contributed by atoms with Gasteiger partial charge in [-0.1, -0.05) is 30.3 Å². The van der Waals surface area contributed by atoms with Crippen LogP contribution in [-0.4, -0.2) is 65.7 Å². The Balaban J connectivity index is 1.46. The Morgan fingerprint density at radius 3 is 2.46 bits per heavy atom. The molecule has 0 saturated carbocycles. The van der Waals surface area contributed by atoms with Crippen molar-refractivity contribution < 1.29 is 27.5 Å². The molecule has 0 N–H and O–H groups in total. The number of rotatable bonds is 6. The van der Waals surface area contributed by atoms with E-state index in [0.29, 0.717) is 22.6 Å². The molecule has 242 valence electrons. The van der Waals surface area contributed by atoms with E-state index in [-0.39, 0.29) is 40.7 Å². The van der Waals surface area contributed by atoms with E-state index < -0.39 is 27.7 Å². The van der Waals surface area contributed by atoms with E-state index >= 15 is 0 Å². The van der Waals surface area contributed by atoms with E-state index in [0.717, 1.165) is 39.4 Å². The Bertz CT molecular complexity index is 2190. The number of carbonyl (C=O) groups is 2. The van der Waals surface area contributed by atoms with Gasteiger partial charge in [-0.2, -0.15) is 10.4 Å². The number of amides is 2. The van der Waals surface area contributed by atoms with Crippen molar-refractivity contribution in [2.24, 2.45) is 0 Å². The van der Waals surface area contributed by atoms with Gasteiger partial charge in [0.15, 0.2) is 9.84 Å². The Morgan fingerprint density at radius 2 is 1.79 bits per heavy atom. The van der Waals surface area contributed by atoms with Crippen LogP contribution < -0.4 is 9.47 Å². The van der Waals surface area contributed by atoms with E-state index in [1.54, 1.807) is 35.0 Å². The summed E-state index contributed by atoms with van der Waals surface area (Å²) in [7, 11) is -1.92. The van der Waals surface area contributed by atoms with Crippen molar-refractivity contribution >= 4 is 33.3 Å². The molecular formula is C37H32N4O6S. The second-order valence-electron chi connectivity index (χ2n) is 12.3. The van der Waals surface area contributed by atoms with Crippen LogP contribution in [0.2, 0.25) is 0 Å². The lowest BCUT2D eigenvalue weighted by atomic mass is 9.86. The lowest BCUT2D eigenvalue weighted by molar-refractivity contribution is -0.142. The van der Waals surface area contributed by atoms with Gasteiger partial charge in [-0.25, -0.2) is 13.1 Å². The highest BCUT2D eigenvalue weighted by molar-refractivity contribution is 7.91. The van der Waals surface area contributed by atoms with Crippen molar-refractivity contribution in [1.82, 2.24) is 14.7 Å². The number of nitrogens with zero attached hydrogens (tertiary/aromatic N) is 4. The van der Waals surface area contributed by atoms with E-state index in [2.05, 4.69) is 0 Å². The molecule has 7 rings (SSSR count). The highest BCUT2D eigenvalue weighted by atomic mass is 32.2. The number of aromatic nitrogens is 2. The zero-order valence-electron chi connectivity index (χ0n) is 26.6. The Morgan fingerprint density at radius 1 is 1.04 bits per heavy atom. The highest BCUT2D eigenvalue weighted by Gasteiger charge is 2.45. The number of para-hydroxylation sites is 1. The third-order valence-corrected chi connectivity index (χ3v) is 10.7. The fraction of sp³-hybridized carbons (Fsp3) is 0.243. The number of fused-ring (bicyclic) bond motifs is 1. The van der Waals surface area contributed by atoms with Crippen LogP contribution in [-0.2, 0) is 25.8 Å². The first-order chi connectivity index (χ1) is 23.1. The van der Waals surface area contributed by atoms with Crippen LogP contribution in [0, 0.1) is 18.3 Å². The first-order valence-electron chi connectivity index (χ1n) is 15.6. The van der Waals surface area contributed by atoms with Crippen LogP contribution in [0.5, 0.6) is 11.5 Å². The zero-order valence-corrected chi connectivity index (χ0v) is 27.5. The van der Waals surface area contributed by atoms with Gasteiger partial charge in [0.2, 0.25) is 0 Å². The van der Waals surface area contributed by atoms with Gasteiger partial charge in [0, 0.05) is 29.3 Å². The Kier molecular flexibility index (Phi) is 7.76. The van der Waals surface area contributed by atoms with Crippen LogP contribution in [0.15, 0.2) is 84.1 Å². The van der Waals surface area contributed by atoms with Crippen molar-refractivity contribution in [3.8, 4) is 34.5 Å². The first-order valence-corrected chi connectivity index (χ1v) is 17.4. The first kappa shape index (κ1) is 31.1. The number of hydrogen-bond acceptors (Lipinski definition) is 8. The second-order valence-corrected chi connectivity index (χ2v) is 14.5. The highest BCUT2D eigenvalue weighted by Crippen LogP contribution is 2.41. The van der Waals surface area contributed by atoms with Crippen molar-refractivity contribution in [3.05, 3.63) is 106 Å². The maximum atomic E-state index is 14.5. The quantitative estimate of drug-likeness (QED) is 0.206. The Hall–Kier alpha value is -5.47. The summed E-state index contributed by atoms with van der Waals surface area (Å²) in [6, 6.07) is 21.5. The molecule has 3 aliphatic heterocycles. The predicted octanol–water partition coefficient (Wildman–Crippen LogP) is 5.10. The van der Waals surface area contributed by atoms with Crippen molar-refractivity contribution in [1.29, 1.82) is 5.26 Å². The molecule has 48 heavy (non-hydrogen) atoms. The van der Waals surface area contributed by atoms with Crippen LogP contribution in [0.25, 0.3) is 28.6 Å². The molecule has 0 bridgehead atoms. The van der Waals surface area contributed by atoms with Gasteiger partial charge in [0.25, 0.3) is 11.8 Å². The lowest BCUT2D eigenvalue weighted by Gasteiger charge is -2.32. The second kappa shape index (κ2) is 12.0. The third-order valence-electron chi connectivity index (χ3n) is 8.98. The van der Waals surface area contributed by atoms with Gasteiger partial charge in [0.1, 0.15) is 29.2 Å². The fourth-order valence-corrected chi connectivity index (χ4v) is 8.44. The van der Waals surface area contributed by atoms with Gasteiger partial charge >= 0.3 is 0 Å². The number of benzene rings is 3. The molecular weight excluding hydrogens is 628 g/mol. The summed E-state index contributed by atoms with van der Waals surface area (Å²) >= 11 is 0. The van der Waals surface area contributed by atoms with E-state index in [1.807, 2.05) is 68.6 Å². The zero-order chi connectivity index (χ0) is 33.7. The summed E-state index contributed by atoms with van der Waals surface area (Å²) in [5.74, 6) is -0.542. The normalized spacial score (nSPS) is 21.0. The summed E-state index contributed by atoms with van der Waals surface area (Å²) in [5, 5.41) is 15.4. The number of methoxy groups -OCH3 is 1. The summed E-state index contributed by atoms with van der Waals surface area (Å²) in [6.45, 7) is 4.01. The molecule has 2 atom stereocenters. The molecule has 1 fully saturated rings. The van der Waals surface area contributed by atoms with Crippen LogP contribution in [0.4, 0.5) is 0 Å². The summed E-state index contributed by atoms with van der Waals surface area (Å²) in [6.07, 6.45) is 4.36. The summed E-state index contributed by atoms with van der Waals surface area (Å²) in [4.78, 5) is 29.3. The number of hydrogen-bond donors (Lipinski definition) is 0. The van der Waals surface area contributed by atoms with Crippen LogP contribution in [0.1, 0.15) is 35.6 Å². The molecule has 1 aromatic heterocycles. The SMILES string of the molecule is COc1ccc(C2=C(C#N)C(=O)N(C3CCS(=O)(=O)C3)C(=O)/C2=C\c2cn(-c3ccccc3)nc2-c2cc(C)c3c(c2)CC(C)O3)cc1. The van der Waals surface area contributed by atoms with Crippen molar-refractivity contribution in [3.63, 3.8) is 0 Å². The number of nitriles is 1. The molecule has 10 nitrogen and oxygen atoms in total. The molecule has 2 amide bonds. The van der Waals surface area contributed by atoms with Gasteiger partial charge < -0.3 is 9.47 Å². The van der Waals surface area contributed by atoms with E-state index in [1.165, 1.54) is 7.11 Å². The van der Waals surface area contributed by atoms with Gasteiger partial charge in [-0.15, -0.1) is 0 Å². The average Bonchev–Trinajstić information content (AvgIpc) is 3.78. The molecule has 0 radical (unpaired) electrons. The molecule has 1 saturated heterocycles. The van der Waals surface area contributed by atoms with Crippen molar-refractivity contribution in [2.45, 2.75) is 38.8 Å². The van der Waals surface area contributed by atoms with Gasteiger partial charge in [-0.3, -0.25) is 14.5 Å². The number of sulfone groups is 1. The third kappa shape index (κ3) is 5.48. The molecule has 4 heterocycles. The minimum absolute atomic E-state index is 0.0433. The molecule has 0 spiro atoms. The van der Waals surface area contributed by atoms with E-state index in [4.69, 9.17) is 14.6 Å². The number of carbonyl (C=O) groups excluding carboxylic acids is 2. The lowest BCUT2D eigenvalue weighted by Crippen LogP contribution is -2.49. The minimum Gasteiger partial charge on any atom is -0.497 e. The molecule has 3 aliphatic rings. The molecule has 4 aromatic rings. The van der Waals surface area contributed by atoms with Gasteiger partial charge in [0.05, 0.1) is 41.6 Å². The van der Waals surface area contributed by atoms with Gasteiger partial charge in [-0.05, 0) is 79.4 Å². The topological polar surface area (TPSA) is 132 Å². The molecule has 0 aliphatic carbocycles. The maximum Gasteiger partial charge on any atom is 0.272 e.